The Balaban J connectivity index is 1.86. The minimum atomic E-state index is 0.473. The molecule has 0 radical (unpaired) electrons. The lowest BCUT2D eigenvalue weighted by Crippen LogP contribution is -2.53. The molecule has 2 bridgehead atoms. The zero-order chi connectivity index (χ0) is 14.2. The van der Waals surface area contributed by atoms with Crippen molar-refractivity contribution in [3.8, 4) is 0 Å². The van der Waals surface area contributed by atoms with Crippen molar-refractivity contribution >= 4 is 0 Å². The Bertz CT molecular complexity index is 453. The maximum absolute atomic E-state index is 4.89. The Labute approximate surface area is 123 Å². The molecule has 1 aliphatic carbocycles. The molecule has 3 nitrogen and oxygen atoms in total. The molecule has 3 fully saturated rings. The standard InChI is InChI=1S/C17H29N3/c1-4-6-16-15(5-2)13(3)19-20(16)12-17-9-7-14(8-10-17)18-11-17/h14,18H,4-12H2,1-3H3. The van der Waals surface area contributed by atoms with E-state index < -0.39 is 0 Å². The molecule has 2 aliphatic heterocycles. The van der Waals surface area contributed by atoms with E-state index in [4.69, 9.17) is 5.10 Å². The summed E-state index contributed by atoms with van der Waals surface area (Å²) in [6.45, 7) is 9.05. The van der Waals surface area contributed by atoms with E-state index in [1.807, 2.05) is 0 Å². The van der Waals surface area contributed by atoms with Crippen molar-refractivity contribution in [2.24, 2.45) is 5.41 Å². The second-order valence-electron chi connectivity index (χ2n) is 6.93. The number of fused-ring (bicyclic) bond motifs is 3. The van der Waals surface area contributed by atoms with Crippen molar-refractivity contribution in [2.45, 2.75) is 78.3 Å². The molecule has 1 aromatic heterocycles. The van der Waals surface area contributed by atoms with E-state index in [9.17, 15) is 0 Å². The van der Waals surface area contributed by atoms with Crippen LogP contribution in [0.15, 0.2) is 0 Å². The zero-order valence-corrected chi connectivity index (χ0v) is 13.3. The number of piperidine rings is 2. The average molecular weight is 275 g/mol. The van der Waals surface area contributed by atoms with Crippen LogP contribution in [0.25, 0.3) is 0 Å². The monoisotopic (exact) mass is 275 g/mol. The summed E-state index contributed by atoms with van der Waals surface area (Å²) >= 11 is 0. The fourth-order valence-electron chi connectivity index (χ4n) is 4.28. The van der Waals surface area contributed by atoms with Gasteiger partial charge in [-0.15, -0.1) is 0 Å². The molecule has 4 rings (SSSR count). The van der Waals surface area contributed by atoms with E-state index in [1.165, 1.54) is 62.0 Å². The van der Waals surface area contributed by atoms with Gasteiger partial charge in [0, 0.05) is 30.2 Å². The highest BCUT2D eigenvalue weighted by Crippen LogP contribution is 2.41. The van der Waals surface area contributed by atoms with E-state index in [0.29, 0.717) is 5.41 Å². The summed E-state index contributed by atoms with van der Waals surface area (Å²) in [6.07, 6.45) is 9.01. The van der Waals surface area contributed by atoms with Crippen molar-refractivity contribution < 1.29 is 0 Å². The maximum Gasteiger partial charge on any atom is 0.0628 e. The quantitative estimate of drug-likeness (QED) is 0.894. The van der Waals surface area contributed by atoms with Crippen LogP contribution in [0.5, 0.6) is 0 Å². The molecule has 2 saturated heterocycles. The molecular formula is C17H29N3. The molecule has 1 saturated carbocycles. The molecule has 3 heteroatoms. The first-order valence-electron chi connectivity index (χ1n) is 8.46. The van der Waals surface area contributed by atoms with E-state index in [-0.39, 0.29) is 0 Å². The normalized spacial score (nSPS) is 29.1. The smallest absolute Gasteiger partial charge is 0.0628 e. The largest absolute Gasteiger partial charge is 0.313 e. The van der Waals surface area contributed by atoms with E-state index in [1.54, 1.807) is 0 Å². The maximum atomic E-state index is 4.89. The first-order chi connectivity index (χ1) is 9.67. The van der Waals surface area contributed by atoms with Gasteiger partial charge in [-0.2, -0.15) is 5.10 Å². The minimum absolute atomic E-state index is 0.473. The van der Waals surface area contributed by atoms with Crippen LogP contribution in [0.4, 0.5) is 0 Å². The fourth-order valence-corrected chi connectivity index (χ4v) is 4.28. The minimum Gasteiger partial charge on any atom is -0.313 e. The number of hydrogen-bond donors (Lipinski definition) is 1. The number of aromatic nitrogens is 2. The first kappa shape index (κ1) is 14.1. The molecule has 1 aromatic rings. The number of rotatable bonds is 5. The van der Waals surface area contributed by atoms with Crippen molar-refractivity contribution in [1.29, 1.82) is 0 Å². The van der Waals surface area contributed by atoms with Crippen molar-refractivity contribution in [2.75, 3.05) is 6.54 Å². The Hall–Kier alpha value is -0.830. The van der Waals surface area contributed by atoms with Gasteiger partial charge in [-0.05, 0) is 51.0 Å². The van der Waals surface area contributed by atoms with Gasteiger partial charge in [-0.25, -0.2) is 0 Å². The van der Waals surface area contributed by atoms with Crippen LogP contribution in [0, 0.1) is 12.3 Å². The first-order valence-corrected chi connectivity index (χ1v) is 8.46. The molecule has 20 heavy (non-hydrogen) atoms. The summed E-state index contributed by atoms with van der Waals surface area (Å²) in [4.78, 5) is 0. The van der Waals surface area contributed by atoms with Crippen molar-refractivity contribution in [3.05, 3.63) is 17.0 Å². The Morgan fingerprint density at radius 2 is 2.05 bits per heavy atom. The predicted octanol–water partition coefficient (Wildman–Crippen LogP) is 3.24. The third-order valence-electron chi connectivity index (χ3n) is 5.50. The van der Waals surface area contributed by atoms with Crippen LogP contribution >= 0.6 is 0 Å². The number of hydrogen-bond acceptors (Lipinski definition) is 2. The highest BCUT2D eigenvalue weighted by molar-refractivity contribution is 5.26. The Morgan fingerprint density at radius 1 is 1.30 bits per heavy atom. The molecule has 1 N–H and O–H groups in total. The van der Waals surface area contributed by atoms with Crippen LogP contribution in [-0.4, -0.2) is 22.4 Å². The fraction of sp³-hybridized carbons (Fsp3) is 0.824. The second kappa shape index (κ2) is 5.51. The molecular weight excluding hydrogens is 246 g/mol. The summed E-state index contributed by atoms with van der Waals surface area (Å²) in [5.74, 6) is 0. The zero-order valence-electron chi connectivity index (χ0n) is 13.3. The Morgan fingerprint density at radius 3 is 2.60 bits per heavy atom. The molecule has 3 aliphatic rings. The van der Waals surface area contributed by atoms with Gasteiger partial charge in [-0.3, -0.25) is 4.68 Å². The van der Waals surface area contributed by atoms with Crippen LogP contribution in [0.3, 0.4) is 0 Å². The van der Waals surface area contributed by atoms with Gasteiger partial charge in [-0.1, -0.05) is 20.3 Å². The molecule has 0 amide bonds. The van der Waals surface area contributed by atoms with E-state index >= 15 is 0 Å². The average Bonchev–Trinajstić information content (AvgIpc) is 2.76. The lowest BCUT2D eigenvalue weighted by atomic mass is 9.68. The lowest BCUT2D eigenvalue weighted by Gasteiger charge is -2.47. The summed E-state index contributed by atoms with van der Waals surface area (Å²) in [5.41, 5.74) is 4.74. The van der Waals surface area contributed by atoms with E-state index in [2.05, 4.69) is 30.8 Å². The van der Waals surface area contributed by atoms with Gasteiger partial charge in [0.25, 0.3) is 0 Å². The second-order valence-corrected chi connectivity index (χ2v) is 6.93. The molecule has 3 heterocycles. The van der Waals surface area contributed by atoms with Gasteiger partial charge in [0.2, 0.25) is 0 Å². The lowest BCUT2D eigenvalue weighted by molar-refractivity contribution is 0.0722. The third kappa shape index (κ3) is 2.41. The highest BCUT2D eigenvalue weighted by atomic mass is 15.3. The summed E-state index contributed by atoms with van der Waals surface area (Å²) in [5, 5.41) is 8.62. The molecule has 112 valence electrons. The molecule has 0 aromatic carbocycles. The summed E-state index contributed by atoms with van der Waals surface area (Å²) in [6, 6.07) is 0.803. The molecule has 0 atom stereocenters. The number of aryl methyl sites for hydroxylation is 1. The number of nitrogens with zero attached hydrogens (tertiary/aromatic N) is 2. The van der Waals surface area contributed by atoms with Crippen molar-refractivity contribution in [3.63, 3.8) is 0 Å². The van der Waals surface area contributed by atoms with Crippen molar-refractivity contribution in [1.82, 2.24) is 15.1 Å². The van der Waals surface area contributed by atoms with Crippen LogP contribution in [0.2, 0.25) is 0 Å². The third-order valence-corrected chi connectivity index (χ3v) is 5.50. The Kier molecular flexibility index (Phi) is 3.89. The number of nitrogens with one attached hydrogen (secondary N) is 1. The van der Waals surface area contributed by atoms with Crippen LogP contribution in [0.1, 0.15) is 62.9 Å². The van der Waals surface area contributed by atoms with Gasteiger partial charge < -0.3 is 5.32 Å². The SMILES string of the molecule is CCCc1c(CC)c(C)nn1CC12CCC(CC1)NC2. The van der Waals surface area contributed by atoms with Gasteiger partial charge >= 0.3 is 0 Å². The van der Waals surface area contributed by atoms with Gasteiger partial charge in [0.15, 0.2) is 0 Å². The van der Waals surface area contributed by atoms with E-state index in [0.717, 1.165) is 19.0 Å². The topological polar surface area (TPSA) is 29.9 Å². The molecule has 0 spiro atoms. The molecule has 0 unspecified atom stereocenters. The van der Waals surface area contributed by atoms with Gasteiger partial charge in [0.05, 0.1) is 5.69 Å². The predicted molar refractivity (Wildman–Crippen MR) is 83.0 cm³/mol. The van der Waals surface area contributed by atoms with Crippen LogP contribution < -0.4 is 5.32 Å². The summed E-state index contributed by atoms with van der Waals surface area (Å²) < 4.78 is 2.37. The van der Waals surface area contributed by atoms with Crippen LogP contribution in [-0.2, 0) is 19.4 Å². The highest BCUT2D eigenvalue weighted by Gasteiger charge is 2.41. The van der Waals surface area contributed by atoms with Gasteiger partial charge in [0.1, 0.15) is 0 Å². The summed E-state index contributed by atoms with van der Waals surface area (Å²) in [7, 11) is 0.